The molecule has 0 unspecified atom stereocenters. The SMILES string of the molecule is CC(C)(CCCC(=O)c1ccc2ccccc2c1OCCOc1ccc(F)c(C(F)(F)F)c1)C(=O)O. The van der Waals surface area contributed by atoms with Crippen molar-refractivity contribution in [3.63, 3.8) is 0 Å². The molecule has 3 rings (SSSR count). The summed E-state index contributed by atoms with van der Waals surface area (Å²) in [5.41, 5.74) is -2.05. The van der Waals surface area contributed by atoms with Gasteiger partial charge in [0.15, 0.2) is 5.78 Å². The largest absolute Gasteiger partial charge is 0.490 e. The summed E-state index contributed by atoms with van der Waals surface area (Å²) in [6.07, 6.45) is -4.03. The van der Waals surface area contributed by atoms with E-state index in [0.29, 0.717) is 41.7 Å². The van der Waals surface area contributed by atoms with E-state index in [0.717, 1.165) is 11.5 Å². The molecule has 0 saturated carbocycles. The molecule has 0 heterocycles. The minimum absolute atomic E-state index is 0.0843. The van der Waals surface area contributed by atoms with Crippen molar-refractivity contribution >= 4 is 22.5 Å². The summed E-state index contributed by atoms with van der Waals surface area (Å²) in [5.74, 6) is -2.40. The molecule has 0 aliphatic heterocycles. The fourth-order valence-corrected chi connectivity index (χ4v) is 3.67. The molecule has 9 heteroatoms. The predicted molar refractivity (Wildman–Crippen MR) is 126 cm³/mol. The number of benzene rings is 3. The monoisotopic (exact) mass is 506 g/mol. The topological polar surface area (TPSA) is 72.8 Å². The Hall–Kier alpha value is -3.62. The van der Waals surface area contributed by atoms with Gasteiger partial charge in [-0.25, -0.2) is 4.39 Å². The van der Waals surface area contributed by atoms with Crippen molar-refractivity contribution in [1.82, 2.24) is 0 Å². The van der Waals surface area contributed by atoms with Crippen LogP contribution in [0.5, 0.6) is 11.5 Å². The van der Waals surface area contributed by atoms with Crippen LogP contribution < -0.4 is 9.47 Å². The molecule has 0 spiro atoms. The number of rotatable bonds is 11. The number of ketones is 1. The molecule has 5 nitrogen and oxygen atoms in total. The lowest BCUT2D eigenvalue weighted by molar-refractivity contribution is -0.147. The van der Waals surface area contributed by atoms with Gasteiger partial charge in [0.1, 0.15) is 30.5 Å². The van der Waals surface area contributed by atoms with E-state index in [1.165, 1.54) is 0 Å². The number of carboxylic acids is 1. The van der Waals surface area contributed by atoms with Crippen molar-refractivity contribution in [1.29, 1.82) is 0 Å². The molecular formula is C27H26F4O5. The van der Waals surface area contributed by atoms with Crippen molar-refractivity contribution in [3.05, 3.63) is 71.5 Å². The third kappa shape index (κ3) is 6.53. The summed E-state index contributed by atoms with van der Waals surface area (Å²) in [6, 6.07) is 13.0. The van der Waals surface area contributed by atoms with Crippen LogP contribution in [0.2, 0.25) is 0 Å². The molecule has 0 radical (unpaired) electrons. The smallest absolute Gasteiger partial charge is 0.419 e. The minimum Gasteiger partial charge on any atom is -0.490 e. The number of hydrogen-bond acceptors (Lipinski definition) is 4. The van der Waals surface area contributed by atoms with E-state index in [1.54, 1.807) is 38.1 Å². The lowest BCUT2D eigenvalue weighted by Gasteiger charge is -2.19. The number of carbonyl (C=O) groups is 2. The van der Waals surface area contributed by atoms with Gasteiger partial charge in [-0.3, -0.25) is 9.59 Å². The Morgan fingerprint density at radius 2 is 1.64 bits per heavy atom. The molecule has 36 heavy (non-hydrogen) atoms. The third-order valence-corrected chi connectivity index (χ3v) is 5.81. The van der Waals surface area contributed by atoms with E-state index in [4.69, 9.17) is 9.47 Å². The Balaban J connectivity index is 1.72. The van der Waals surface area contributed by atoms with Crippen molar-refractivity contribution in [3.8, 4) is 11.5 Å². The van der Waals surface area contributed by atoms with Gasteiger partial charge in [-0.05, 0) is 56.3 Å². The van der Waals surface area contributed by atoms with Crippen molar-refractivity contribution < 1.29 is 41.7 Å². The fourth-order valence-electron chi connectivity index (χ4n) is 3.67. The van der Waals surface area contributed by atoms with Gasteiger partial charge >= 0.3 is 12.1 Å². The van der Waals surface area contributed by atoms with Crippen molar-refractivity contribution in [2.45, 2.75) is 39.3 Å². The molecule has 0 aliphatic rings. The number of carboxylic acid groups (broad SMARTS) is 1. The quantitative estimate of drug-likeness (QED) is 0.174. The van der Waals surface area contributed by atoms with Gasteiger partial charge in [0.25, 0.3) is 0 Å². The molecule has 0 bridgehead atoms. The summed E-state index contributed by atoms with van der Waals surface area (Å²) in [4.78, 5) is 24.3. The summed E-state index contributed by atoms with van der Waals surface area (Å²) >= 11 is 0. The Bertz CT molecular complexity index is 1250. The zero-order chi connectivity index (χ0) is 26.5. The summed E-state index contributed by atoms with van der Waals surface area (Å²) in [5, 5.41) is 10.8. The van der Waals surface area contributed by atoms with Crippen LogP contribution >= 0.6 is 0 Å². The number of ether oxygens (including phenoxy) is 2. The molecule has 1 N–H and O–H groups in total. The van der Waals surface area contributed by atoms with Crippen LogP contribution in [0.3, 0.4) is 0 Å². The number of fused-ring (bicyclic) bond motifs is 1. The van der Waals surface area contributed by atoms with Gasteiger partial charge in [0.05, 0.1) is 16.5 Å². The Kier molecular flexibility index (Phi) is 8.22. The third-order valence-electron chi connectivity index (χ3n) is 5.81. The van der Waals surface area contributed by atoms with Crippen LogP contribution in [0.4, 0.5) is 17.6 Å². The zero-order valence-electron chi connectivity index (χ0n) is 19.8. The molecule has 192 valence electrons. The Morgan fingerprint density at radius 3 is 2.33 bits per heavy atom. The lowest BCUT2D eigenvalue weighted by atomic mass is 9.86. The number of carbonyl (C=O) groups excluding carboxylic acids is 1. The number of hydrogen-bond donors (Lipinski definition) is 1. The first-order valence-corrected chi connectivity index (χ1v) is 11.3. The van der Waals surface area contributed by atoms with Crippen LogP contribution in [0.1, 0.15) is 49.0 Å². The Morgan fingerprint density at radius 1 is 0.944 bits per heavy atom. The van der Waals surface area contributed by atoms with E-state index in [-0.39, 0.29) is 31.2 Å². The highest BCUT2D eigenvalue weighted by molar-refractivity contribution is 6.04. The van der Waals surface area contributed by atoms with E-state index < -0.39 is 28.9 Å². The second-order valence-corrected chi connectivity index (χ2v) is 8.97. The van der Waals surface area contributed by atoms with Crippen LogP contribution in [0.25, 0.3) is 10.8 Å². The fraction of sp³-hybridized carbons (Fsp3) is 0.333. The van der Waals surface area contributed by atoms with Crippen LogP contribution in [0.15, 0.2) is 54.6 Å². The van der Waals surface area contributed by atoms with E-state index in [1.807, 2.05) is 12.1 Å². The average Bonchev–Trinajstić information content (AvgIpc) is 2.81. The highest BCUT2D eigenvalue weighted by atomic mass is 19.4. The van der Waals surface area contributed by atoms with Gasteiger partial charge in [-0.1, -0.05) is 30.3 Å². The maximum atomic E-state index is 13.5. The minimum atomic E-state index is -4.85. The predicted octanol–water partition coefficient (Wildman–Crippen LogP) is 6.92. The molecule has 0 atom stereocenters. The summed E-state index contributed by atoms with van der Waals surface area (Å²) in [6.45, 7) is 2.97. The molecular weight excluding hydrogens is 480 g/mol. The maximum Gasteiger partial charge on any atom is 0.419 e. The number of halogens is 4. The van der Waals surface area contributed by atoms with Crippen molar-refractivity contribution in [2.24, 2.45) is 5.41 Å². The van der Waals surface area contributed by atoms with E-state index in [2.05, 4.69) is 0 Å². The zero-order valence-corrected chi connectivity index (χ0v) is 19.8. The second kappa shape index (κ2) is 11.0. The molecule has 0 aromatic heterocycles. The number of Topliss-reactive ketones (excluding diaryl/α,β-unsaturated/α-hetero) is 1. The van der Waals surface area contributed by atoms with Gasteiger partial charge in [-0.2, -0.15) is 13.2 Å². The van der Waals surface area contributed by atoms with Crippen molar-refractivity contribution in [2.75, 3.05) is 13.2 Å². The average molecular weight is 506 g/mol. The Labute approximate surface area is 205 Å². The van der Waals surface area contributed by atoms with Gasteiger partial charge in [0, 0.05) is 11.8 Å². The molecule has 0 fully saturated rings. The van der Waals surface area contributed by atoms with E-state index in [9.17, 15) is 32.3 Å². The van der Waals surface area contributed by atoms with Crippen LogP contribution in [0, 0.1) is 11.2 Å². The first kappa shape index (κ1) is 27.0. The highest BCUT2D eigenvalue weighted by Gasteiger charge is 2.34. The van der Waals surface area contributed by atoms with Gasteiger partial charge < -0.3 is 14.6 Å². The first-order chi connectivity index (χ1) is 16.9. The normalized spacial score (nSPS) is 11.9. The molecule has 3 aromatic carbocycles. The second-order valence-electron chi connectivity index (χ2n) is 8.97. The molecule has 3 aromatic rings. The standard InChI is InChI=1S/C27H26F4O5/c1-26(2,25(33)34)13-5-8-23(32)20-11-9-17-6-3-4-7-19(17)24(20)36-15-14-35-18-10-12-22(28)21(16-18)27(29,30)31/h3-4,6-7,9-12,16H,5,8,13-15H2,1-2H3,(H,33,34). The maximum absolute atomic E-state index is 13.5. The summed E-state index contributed by atoms with van der Waals surface area (Å²) in [7, 11) is 0. The summed E-state index contributed by atoms with van der Waals surface area (Å²) < 4.78 is 63.4. The van der Waals surface area contributed by atoms with Crippen LogP contribution in [-0.4, -0.2) is 30.1 Å². The number of aliphatic carboxylic acids is 1. The number of alkyl halides is 3. The molecule has 0 saturated heterocycles. The van der Waals surface area contributed by atoms with E-state index >= 15 is 0 Å². The van der Waals surface area contributed by atoms with Crippen LogP contribution in [-0.2, 0) is 11.0 Å². The molecule has 0 aliphatic carbocycles. The highest BCUT2D eigenvalue weighted by Crippen LogP contribution is 2.34. The molecule has 0 amide bonds. The van der Waals surface area contributed by atoms with Gasteiger partial charge in [-0.15, -0.1) is 0 Å². The van der Waals surface area contributed by atoms with Gasteiger partial charge in [0.2, 0.25) is 0 Å². The lowest BCUT2D eigenvalue weighted by Crippen LogP contribution is -2.23. The first-order valence-electron chi connectivity index (χ1n) is 11.3.